The number of carbonyl (C=O) groups is 1. The van der Waals surface area contributed by atoms with Crippen LogP contribution in [0.1, 0.15) is 159 Å². The molecular weight excluding hydrogens is 841 g/mol. The van der Waals surface area contributed by atoms with Crippen molar-refractivity contribution in [2.75, 3.05) is 62.5 Å². The van der Waals surface area contributed by atoms with Gasteiger partial charge in [-0.2, -0.15) is 0 Å². The number of aliphatic hydroxyl groups excluding tert-OH is 2. The van der Waals surface area contributed by atoms with Crippen LogP contribution in [0.5, 0.6) is 0 Å². The van der Waals surface area contributed by atoms with Crippen molar-refractivity contribution in [1.82, 2.24) is 0 Å². The highest BCUT2D eigenvalue weighted by atomic mass is 16.7. The Hall–Kier alpha value is -1.97. The van der Waals surface area contributed by atoms with E-state index in [1.54, 1.807) is 28.4 Å². The Balaban J connectivity index is 0.00000119. The first-order valence-electron chi connectivity index (χ1n) is 25.4. The summed E-state index contributed by atoms with van der Waals surface area (Å²) in [6.45, 7) is 23.3. The van der Waals surface area contributed by atoms with Crippen molar-refractivity contribution in [2.24, 2.45) is 17.8 Å². The van der Waals surface area contributed by atoms with Crippen LogP contribution in [0.3, 0.4) is 0 Å². The van der Waals surface area contributed by atoms with Crippen LogP contribution in [0.25, 0.3) is 0 Å². The molecule has 7 aliphatic rings. The first kappa shape index (κ1) is 64.0. The van der Waals surface area contributed by atoms with Crippen molar-refractivity contribution in [2.45, 2.75) is 214 Å². The van der Waals surface area contributed by atoms with Gasteiger partial charge in [-0.05, 0) is 103 Å². The number of ether oxygens (including phenoxy) is 9. The third-order valence-corrected chi connectivity index (χ3v) is 12.8. The second-order valence-corrected chi connectivity index (χ2v) is 17.7. The summed E-state index contributed by atoms with van der Waals surface area (Å²) in [4.78, 5) is 13.8. The third kappa shape index (κ3) is 23.1. The topological polar surface area (TPSA) is 141 Å². The highest BCUT2D eigenvalue weighted by molar-refractivity contribution is 5.76. The second-order valence-electron chi connectivity index (χ2n) is 17.7. The molecule has 12 atom stereocenters. The largest absolute Gasteiger partial charge is 0.462 e. The van der Waals surface area contributed by atoms with Gasteiger partial charge in [0, 0.05) is 81.1 Å². The van der Waals surface area contributed by atoms with Gasteiger partial charge in [0.15, 0.2) is 5.79 Å². The van der Waals surface area contributed by atoms with Crippen molar-refractivity contribution in [1.29, 1.82) is 0 Å². The second kappa shape index (κ2) is 37.9. The highest BCUT2D eigenvalue weighted by Gasteiger charge is 2.49. The zero-order valence-corrected chi connectivity index (χ0v) is 44.7. The Labute approximate surface area is 403 Å². The molecule has 7 rings (SSSR count). The molecule has 388 valence electrons. The molecule has 12 nitrogen and oxygen atoms in total. The Morgan fingerprint density at radius 2 is 1.41 bits per heavy atom. The lowest BCUT2D eigenvalue weighted by atomic mass is 9.76. The number of hydrogen-bond acceptors (Lipinski definition) is 12. The van der Waals surface area contributed by atoms with Gasteiger partial charge in [-0.25, -0.2) is 0 Å². The van der Waals surface area contributed by atoms with E-state index in [2.05, 4.69) is 76.7 Å². The molecule has 12 unspecified atom stereocenters. The zero-order valence-electron chi connectivity index (χ0n) is 44.7. The molecule has 5 fully saturated rings. The maximum atomic E-state index is 13.8. The summed E-state index contributed by atoms with van der Waals surface area (Å²) in [5, 5.41) is 14.0. The van der Waals surface area contributed by atoms with E-state index in [-0.39, 0.29) is 42.2 Å². The fourth-order valence-electron chi connectivity index (χ4n) is 9.30. The van der Waals surface area contributed by atoms with Crippen LogP contribution in [0.4, 0.5) is 0 Å². The number of esters is 1. The summed E-state index contributed by atoms with van der Waals surface area (Å²) in [5.74, 6) is -0.529. The number of aliphatic hydroxyl groups is 2. The summed E-state index contributed by atoms with van der Waals surface area (Å²) in [5.41, 5.74) is 3.79. The molecule has 1 spiro atoms. The Morgan fingerprint density at radius 1 is 0.818 bits per heavy atom. The molecule has 1 aliphatic carbocycles. The van der Waals surface area contributed by atoms with Gasteiger partial charge in [0.25, 0.3) is 0 Å². The predicted octanol–water partition coefficient (Wildman–Crippen LogP) is 10.9. The van der Waals surface area contributed by atoms with Gasteiger partial charge >= 0.3 is 5.97 Å². The molecule has 0 aromatic rings. The first-order chi connectivity index (χ1) is 31.9. The number of fused-ring (bicyclic) bond motifs is 2. The summed E-state index contributed by atoms with van der Waals surface area (Å²) in [6, 6.07) is 0. The lowest BCUT2D eigenvalue weighted by Gasteiger charge is -2.49. The lowest BCUT2D eigenvalue weighted by molar-refractivity contribution is -0.332. The summed E-state index contributed by atoms with van der Waals surface area (Å²) >= 11 is 0. The van der Waals surface area contributed by atoms with Crippen LogP contribution in [0.15, 0.2) is 47.1 Å². The van der Waals surface area contributed by atoms with Gasteiger partial charge in [-0.1, -0.05) is 89.5 Å². The van der Waals surface area contributed by atoms with Crippen molar-refractivity contribution in [3.63, 3.8) is 0 Å². The minimum Gasteiger partial charge on any atom is -0.462 e. The van der Waals surface area contributed by atoms with Gasteiger partial charge in [0.1, 0.15) is 6.10 Å². The Morgan fingerprint density at radius 3 is 1.94 bits per heavy atom. The molecule has 12 heteroatoms. The summed E-state index contributed by atoms with van der Waals surface area (Å²) in [7, 11) is 8.78. The van der Waals surface area contributed by atoms with E-state index in [0.29, 0.717) is 43.4 Å². The molecule has 0 saturated carbocycles. The van der Waals surface area contributed by atoms with Crippen LogP contribution >= 0.6 is 0 Å². The number of allylic oxidation sites excluding steroid dienone is 4. The number of hydrogen-bond donors (Lipinski definition) is 2. The summed E-state index contributed by atoms with van der Waals surface area (Å²) in [6.07, 6.45) is 26.1. The van der Waals surface area contributed by atoms with Gasteiger partial charge < -0.3 is 52.8 Å². The average Bonchev–Trinajstić information content (AvgIpc) is 3.75. The minimum atomic E-state index is -0.654. The van der Waals surface area contributed by atoms with Crippen LogP contribution in [0.2, 0.25) is 0 Å². The third-order valence-electron chi connectivity index (χ3n) is 12.8. The van der Waals surface area contributed by atoms with Crippen LogP contribution < -0.4 is 0 Å². The van der Waals surface area contributed by atoms with E-state index in [1.165, 1.54) is 16.7 Å². The van der Waals surface area contributed by atoms with Crippen LogP contribution in [0, 0.1) is 17.8 Å². The molecular formula is C54H100O12. The molecule has 66 heavy (non-hydrogen) atoms. The number of methoxy groups -OCH3 is 3. The maximum absolute atomic E-state index is 13.8. The highest BCUT2D eigenvalue weighted by Crippen LogP contribution is 2.45. The molecule has 5 saturated heterocycles. The van der Waals surface area contributed by atoms with E-state index >= 15 is 0 Å². The molecule has 2 N–H and O–H groups in total. The van der Waals surface area contributed by atoms with E-state index in [0.717, 1.165) is 111 Å². The lowest BCUT2D eigenvalue weighted by Crippen LogP contribution is -2.53. The van der Waals surface area contributed by atoms with E-state index in [4.69, 9.17) is 48.1 Å². The van der Waals surface area contributed by atoms with Gasteiger partial charge in [-0.15, -0.1) is 0 Å². The number of rotatable bonds is 4. The molecule has 6 heterocycles. The molecule has 0 radical (unpaired) electrons. The maximum Gasteiger partial charge on any atom is 0.313 e. The van der Waals surface area contributed by atoms with Crippen molar-refractivity contribution >= 4 is 5.97 Å². The smallest absolute Gasteiger partial charge is 0.313 e. The molecule has 0 amide bonds. The SMILES string of the molecule is CC.CC.CCC(C)C1CCCC2(CC3CC(C/C=C(\C)CC/C=C/C=C4\COC5CC(C)=CC(C(=O)O3)C45)O2)O1.CO.CO.COC.COC1CCOC(C)C1.COC1CCOC(C)C1. The molecule has 2 bridgehead atoms. The number of carbonyl (C=O) groups excluding carboxylic acids is 1. The molecule has 0 aromatic heterocycles. The Kier molecular flexibility index (Phi) is 36.7. The van der Waals surface area contributed by atoms with Crippen LogP contribution in [-0.2, 0) is 47.4 Å². The fourth-order valence-corrected chi connectivity index (χ4v) is 9.30. The van der Waals surface area contributed by atoms with E-state index in [1.807, 2.05) is 27.7 Å². The van der Waals surface area contributed by atoms with E-state index < -0.39 is 5.79 Å². The van der Waals surface area contributed by atoms with Crippen molar-refractivity contribution in [3.8, 4) is 0 Å². The van der Waals surface area contributed by atoms with Gasteiger partial charge in [0.05, 0.1) is 55.3 Å². The van der Waals surface area contributed by atoms with E-state index in [9.17, 15) is 4.79 Å². The zero-order chi connectivity index (χ0) is 50.1. The first-order valence-corrected chi connectivity index (χ1v) is 25.4. The monoisotopic (exact) mass is 941 g/mol. The molecule has 0 aromatic carbocycles. The quantitative estimate of drug-likeness (QED) is 0.205. The minimum absolute atomic E-state index is 0.0118. The molecule has 6 aliphatic heterocycles. The van der Waals surface area contributed by atoms with Gasteiger partial charge in [-0.3, -0.25) is 4.79 Å². The average molecular weight is 941 g/mol. The van der Waals surface area contributed by atoms with Gasteiger partial charge in [0.2, 0.25) is 0 Å². The summed E-state index contributed by atoms with van der Waals surface area (Å²) < 4.78 is 51.3. The normalized spacial score (nSPS) is 35.0. The standard InChI is InChI=1S/C32H46O5.2C7H14O2.C2H6O.2C2H6.2CH4O/c1-5-23(4)28-12-9-15-32(37-28)19-26-18-25(36-32)14-13-21(2)10-7-6-8-11-24-20-34-29-17-22(3)16-27(30(24)29)31(33)35-26;2*1-6-5-7(8-2)3-4-9-6;1-3-2;4*1-2/h6,8,11,13,16,23,25-30H,5,7,9-10,12,14-15,17-20H2,1-4H3;2*6-7H,3-5H2,1-2H3;1-2H3;2*1-2H3;2*2H,1H3/b8-6+,21-13+,24-11+;;;;;;;. The van der Waals surface area contributed by atoms with Crippen LogP contribution in [-0.4, -0.2) is 133 Å². The Bertz CT molecular complexity index is 1330. The predicted molar refractivity (Wildman–Crippen MR) is 268 cm³/mol. The van der Waals surface area contributed by atoms with Crippen molar-refractivity contribution < 1.29 is 57.6 Å². The van der Waals surface area contributed by atoms with Crippen molar-refractivity contribution in [3.05, 3.63) is 47.1 Å². The fraction of sp³-hybridized carbons (Fsp3) is 0.833.